The van der Waals surface area contributed by atoms with E-state index in [4.69, 9.17) is 12.2 Å². The summed E-state index contributed by atoms with van der Waals surface area (Å²) < 4.78 is 15.1. The summed E-state index contributed by atoms with van der Waals surface area (Å²) in [5.74, 6) is -0.243. The van der Waals surface area contributed by atoms with Crippen molar-refractivity contribution >= 4 is 12.2 Å². The van der Waals surface area contributed by atoms with Crippen LogP contribution in [0.2, 0.25) is 0 Å². The maximum atomic E-state index is 13.0. The highest BCUT2D eigenvalue weighted by Gasteiger charge is 1.97. The summed E-state index contributed by atoms with van der Waals surface area (Å²) >= 11 is 5.01. The van der Waals surface area contributed by atoms with Crippen LogP contribution in [0, 0.1) is 10.6 Å². The second-order valence-electron chi connectivity index (χ2n) is 3.68. The van der Waals surface area contributed by atoms with Crippen LogP contribution < -0.4 is 5.56 Å². The first-order valence-electron chi connectivity index (χ1n) is 5.19. The molecule has 0 saturated heterocycles. The normalized spacial score (nSPS) is 10.4. The molecule has 0 fully saturated rings. The summed E-state index contributed by atoms with van der Waals surface area (Å²) in [7, 11) is 0. The molecule has 0 aliphatic rings. The third-order valence-electron chi connectivity index (χ3n) is 2.43. The molecule has 17 heavy (non-hydrogen) atoms. The average molecular weight is 250 g/mol. The smallest absolute Gasteiger partial charge is 0.251 e. The topological polar surface area (TPSA) is 37.8 Å². The Bertz CT molecular complexity index is 633. The fourth-order valence-electron chi connectivity index (χ4n) is 1.56. The Morgan fingerprint density at radius 3 is 2.88 bits per heavy atom. The van der Waals surface area contributed by atoms with E-state index in [1.807, 2.05) is 6.07 Å². The van der Waals surface area contributed by atoms with Gasteiger partial charge < -0.3 is 4.57 Å². The van der Waals surface area contributed by atoms with Gasteiger partial charge in [0.25, 0.3) is 5.56 Å². The number of halogens is 1. The number of nitrogens with one attached hydrogen (secondary N) is 1. The Balaban J connectivity index is 2.12. The van der Waals surface area contributed by atoms with Crippen molar-refractivity contribution in [3.63, 3.8) is 0 Å². The molecule has 0 aliphatic carbocycles. The van der Waals surface area contributed by atoms with Crippen molar-refractivity contribution in [1.82, 2.24) is 9.55 Å². The Kier molecular flexibility index (Phi) is 3.49. The SMILES string of the molecule is O=c1ccn(CCc2cccc(F)c2)c(=S)[nH]1. The lowest BCUT2D eigenvalue weighted by atomic mass is 10.1. The highest BCUT2D eigenvalue weighted by atomic mass is 32.1. The summed E-state index contributed by atoms with van der Waals surface area (Å²) in [4.78, 5) is 13.5. The molecule has 1 aromatic carbocycles. The van der Waals surface area contributed by atoms with Crippen LogP contribution in [-0.4, -0.2) is 9.55 Å². The van der Waals surface area contributed by atoms with Crippen molar-refractivity contribution in [3.05, 3.63) is 63.0 Å². The number of hydrogen-bond acceptors (Lipinski definition) is 2. The number of aromatic nitrogens is 2. The predicted octanol–water partition coefficient (Wildman–Crippen LogP) is 2.29. The first-order valence-corrected chi connectivity index (χ1v) is 5.60. The summed E-state index contributed by atoms with van der Waals surface area (Å²) in [6.45, 7) is 0.610. The summed E-state index contributed by atoms with van der Waals surface area (Å²) in [6, 6.07) is 7.86. The minimum Gasteiger partial charge on any atom is -0.325 e. The minimum atomic E-state index is -0.243. The maximum absolute atomic E-state index is 13.0. The van der Waals surface area contributed by atoms with Crippen LogP contribution in [-0.2, 0) is 13.0 Å². The molecule has 2 rings (SSSR count). The van der Waals surface area contributed by atoms with E-state index < -0.39 is 0 Å². The van der Waals surface area contributed by atoms with E-state index in [9.17, 15) is 9.18 Å². The van der Waals surface area contributed by atoms with Crippen molar-refractivity contribution < 1.29 is 4.39 Å². The van der Waals surface area contributed by atoms with Crippen LogP contribution in [0.15, 0.2) is 41.3 Å². The first-order chi connectivity index (χ1) is 8.15. The Morgan fingerprint density at radius 1 is 1.35 bits per heavy atom. The lowest BCUT2D eigenvalue weighted by Gasteiger charge is -2.06. The van der Waals surface area contributed by atoms with Crippen LogP contribution in [0.25, 0.3) is 0 Å². The van der Waals surface area contributed by atoms with Gasteiger partial charge in [-0.25, -0.2) is 4.39 Å². The van der Waals surface area contributed by atoms with Gasteiger partial charge in [-0.3, -0.25) is 9.78 Å². The molecular formula is C12H11FN2OS. The second-order valence-corrected chi connectivity index (χ2v) is 4.07. The van der Waals surface area contributed by atoms with E-state index in [0.29, 0.717) is 17.7 Å². The molecule has 3 nitrogen and oxygen atoms in total. The molecule has 0 unspecified atom stereocenters. The van der Waals surface area contributed by atoms with Gasteiger partial charge in [-0.2, -0.15) is 0 Å². The molecule has 0 atom stereocenters. The van der Waals surface area contributed by atoms with Crippen molar-refractivity contribution in [2.45, 2.75) is 13.0 Å². The predicted molar refractivity (Wildman–Crippen MR) is 66.0 cm³/mol. The molecule has 1 heterocycles. The number of hydrogen-bond donors (Lipinski definition) is 1. The van der Waals surface area contributed by atoms with Crippen molar-refractivity contribution in [2.75, 3.05) is 0 Å². The van der Waals surface area contributed by atoms with Gasteiger partial charge in [-0.1, -0.05) is 12.1 Å². The molecule has 2 aromatic rings. The monoisotopic (exact) mass is 250 g/mol. The van der Waals surface area contributed by atoms with E-state index in [1.54, 1.807) is 16.8 Å². The first kappa shape index (κ1) is 11.7. The van der Waals surface area contributed by atoms with Crippen LogP contribution in [0.4, 0.5) is 4.39 Å². The average Bonchev–Trinajstić information content (AvgIpc) is 2.28. The number of benzene rings is 1. The van der Waals surface area contributed by atoms with Gasteiger partial charge in [-0.15, -0.1) is 0 Å². The van der Waals surface area contributed by atoms with Crippen molar-refractivity contribution in [2.24, 2.45) is 0 Å². The third-order valence-corrected chi connectivity index (χ3v) is 2.76. The van der Waals surface area contributed by atoms with Gasteiger partial charge in [0.05, 0.1) is 0 Å². The molecule has 0 aliphatic heterocycles. The minimum absolute atomic E-state index is 0.211. The van der Waals surface area contributed by atoms with Crippen molar-refractivity contribution in [3.8, 4) is 0 Å². The Hall–Kier alpha value is -1.75. The van der Waals surface area contributed by atoms with E-state index >= 15 is 0 Å². The molecule has 0 saturated carbocycles. The summed E-state index contributed by atoms with van der Waals surface area (Å²) in [5.41, 5.74) is 0.690. The fourth-order valence-corrected chi connectivity index (χ4v) is 1.82. The maximum Gasteiger partial charge on any atom is 0.251 e. The van der Waals surface area contributed by atoms with E-state index in [2.05, 4.69) is 4.98 Å². The van der Waals surface area contributed by atoms with Gasteiger partial charge in [0.1, 0.15) is 5.82 Å². The van der Waals surface area contributed by atoms with E-state index in [-0.39, 0.29) is 11.4 Å². The molecule has 88 valence electrons. The quantitative estimate of drug-likeness (QED) is 0.849. The fraction of sp³-hybridized carbons (Fsp3) is 0.167. The number of nitrogens with zero attached hydrogens (tertiary/aromatic N) is 1. The highest BCUT2D eigenvalue weighted by molar-refractivity contribution is 7.71. The number of aromatic amines is 1. The van der Waals surface area contributed by atoms with E-state index in [0.717, 1.165) is 5.56 Å². The molecule has 1 N–H and O–H groups in total. The van der Waals surface area contributed by atoms with Gasteiger partial charge in [-0.05, 0) is 36.3 Å². The lowest BCUT2D eigenvalue weighted by molar-refractivity contribution is 0.619. The number of H-pyrrole nitrogens is 1. The zero-order valence-corrected chi connectivity index (χ0v) is 9.84. The van der Waals surface area contributed by atoms with Gasteiger partial charge in [0, 0.05) is 18.8 Å². The summed E-state index contributed by atoms with van der Waals surface area (Å²) in [6.07, 6.45) is 2.30. The van der Waals surface area contributed by atoms with Crippen LogP contribution in [0.1, 0.15) is 5.56 Å². The zero-order valence-electron chi connectivity index (χ0n) is 9.02. The lowest BCUT2D eigenvalue weighted by Crippen LogP contribution is -2.12. The number of rotatable bonds is 3. The molecule has 0 bridgehead atoms. The second kappa shape index (κ2) is 5.05. The molecule has 0 amide bonds. The van der Waals surface area contributed by atoms with Crippen LogP contribution in [0.5, 0.6) is 0 Å². The largest absolute Gasteiger partial charge is 0.325 e. The van der Waals surface area contributed by atoms with Crippen molar-refractivity contribution in [1.29, 1.82) is 0 Å². The zero-order chi connectivity index (χ0) is 12.3. The Labute approximate surface area is 103 Å². The van der Waals surface area contributed by atoms with E-state index in [1.165, 1.54) is 18.2 Å². The molecule has 5 heteroatoms. The van der Waals surface area contributed by atoms with Gasteiger partial charge >= 0.3 is 0 Å². The van der Waals surface area contributed by atoms with Crippen LogP contribution in [0.3, 0.4) is 0 Å². The standard InChI is InChI=1S/C12H11FN2OS/c13-10-3-1-2-9(8-10)4-6-15-7-5-11(16)14-12(15)17/h1-3,5,7-8H,4,6H2,(H,14,16,17). The summed E-state index contributed by atoms with van der Waals surface area (Å²) in [5, 5.41) is 0. The third kappa shape index (κ3) is 3.10. The van der Waals surface area contributed by atoms with Gasteiger partial charge in [0.2, 0.25) is 0 Å². The molecular weight excluding hydrogens is 239 g/mol. The van der Waals surface area contributed by atoms with Crippen LogP contribution >= 0.6 is 12.2 Å². The molecule has 0 radical (unpaired) electrons. The van der Waals surface area contributed by atoms with Gasteiger partial charge in [0.15, 0.2) is 4.77 Å². The number of aryl methyl sites for hydroxylation is 2. The highest BCUT2D eigenvalue weighted by Crippen LogP contribution is 2.05. The Morgan fingerprint density at radius 2 is 2.18 bits per heavy atom. The molecule has 1 aromatic heterocycles. The molecule has 0 spiro atoms.